The van der Waals surface area contributed by atoms with E-state index in [4.69, 9.17) is 4.74 Å². The number of fused-ring (bicyclic) bond motifs is 1. The molecule has 6 heteroatoms. The zero-order valence-electron chi connectivity index (χ0n) is 12.4. The molecule has 3 N–H and O–H groups in total. The summed E-state index contributed by atoms with van der Waals surface area (Å²) in [7, 11) is 0. The molecule has 1 aliphatic heterocycles. The van der Waals surface area contributed by atoms with Gasteiger partial charge in [0.05, 0.1) is 11.3 Å². The molecule has 1 aromatic carbocycles. The molecule has 0 radical (unpaired) electrons. The zero-order valence-corrected chi connectivity index (χ0v) is 12.4. The minimum atomic E-state index is -0.200. The van der Waals surface area contributed by atoms with Gasteiger partial charge in [-0.3, -0.25) is 9.59 Å². The van der Waals surface area contributed by atoms with Crippen molar-refractivity contribution in [2.75, 3.05) is 31.6 Å². The van der Waals surface area contributed by atoms with E-state index in [1.54, 1.807) is 6.07 Å². The first kappa shape index (κ1) is 15.2. The van der Waals surface area contributed by atoms with E-state index in [0.29, 0.717) is 31.0 Å². The average molecular weight is 291 g/mol. The van der Waals surface area contributed by atoms with Crippen molar-refractivity contribution in [2.45, 2.75) is 13.8 Å². The van der Waals surface area contributed by atoms with Crippen LogP contribution in [0, 0.1) is 5.92 Å². The normalized spacial score (nSPS) is 12.9. The molecular formula is C15H21N3O3. The Hall–Kier alpha value is -2.24. The fourth-order valence-electron chi connectivity index (χ4n) is 2.01. The third-order valence-electron chi connectivity index (χ3n) is 3.16. The summed E-state index contributed by atoms with van der Waals surface area (Å²) in [4.78, 5) is 23.6. The van der Waals surface area contributed by atoms with Gasteiger partial charge in [-0.1, -0.05) is 19.9 Å². The predicted octanol–water partition coefficient (Wildman–Crippen LogP) is 0.993. The first-order chi connectivity index (χ1) is 10.1. The van der Waals surface area contributed by atoms with Crippen LogP contribution in [0.3, 0.4) is 0 Å². The van der Waals surface area contributed by atoms with Crippen LogP contribution in [0.15, 0.2) is 18.2 Å². The van der Waals surface area contributed by atoms with Crippen molar-refractivity contribution in [2.24, 2.45) is 5.92 Å². The Morgan fingerprint density at radius 1 is 1.29 bits per heavy atom. The number of benzene rings is 1. The summed E-state index contributed by atoms with van der Waals surface area (Å²) in [5.41, 5.74) is 1.34. The van der Waals surface area contributed by atoms with E-state index in [-0.39, 0.29) is 17.7 Å². The standard InChI is InChI=1S/C15H21N3O3/c1-10(2)14(19)17-6-7-18-15(20)11-4-3-5-12-13(11)21-9-8-16-12/h3-5,10,16H,6-9H2,1-2H3,(H,17,19)(H,18,20). The Kier molecular flexibility index (Phi) is 5.03. The van der Waals surface area contributed by atoms with Crippen LogP contribution in [-0.4, -0.2) is 38.1 Å². The third kappa shape index (κ3) is 3.87. The molecule has 0 fully saturated rings. The van der Waals surface area contributed by atoms with Crippen LogP contribution in [0.2, 0.25) is 0 Å². The van der Waals surface area contributed by atoms with Gasteiger partial charge in [0.2, 0.25) is 5.91 Å². The number of ether oxygens (including phenoxy) is 1. The number of hydrogen-bond acceptors (Lipinski definition) is 4. The van der Waals surface area contributed by atoms with Gasteiger partial charge in [-0.05, 0) is 12.1 Å². The van der Waals surface area contributed by atoms with Crippen molar-refractivity contribution in [3.05, 3.63) is 23.8 Å². The largest absolute Gasteiger partial charge is 0.489 e. The molecule has 6 nitrogen and oxygen atoms in total. The van der Waals surface area contributed by atoms with Gasteiger partial charge in [-0.2, -0.15) is 0 Å². The number of carbonyl (C=O) groups excluding carboxylic acids is 2. The van der Waals surface area contributed by atoms with Crippen molar-refractivity contribution in [3.8, 4) is 5.75 Å². The number of carbonyl (C=O) groups is 2. The topological polar surface area (TPSA) is 79.5 Å². The van der Waals surface area contributed by atoms with Gasteiger partial charge in [0, 0.05) is 25.6 Å². The maximum atomic E-state index is 12.2. The van der Waals surface area contributed by atoms with Crippen molar-refractivity contribution in [1.29, 1.82) is 0 Å². The number of nitrogens with one attached hydrogen (secondary N) is 3. The molecule has 1 heterocycles. The molecule has 21 heavy (non-hydrogen) atoms. The fourth-order valence-corrected chi connectivity index (χ4v) is 2.01. The van der Waals surface area contributed by atoms with E-state index >= 15 is 0 Å². The van der Waals surface area contributed by atoms with Gasteiger partial charge in [-0.25, -0.2) is 0 Å². The second-order valence-corrected chi connectivity index (χ2v) is 5.16. The maximum Gasteiger partial charge on any atom is 0.255 e. The SMILES string of the molecule is CC(C)C(=O)NCCNC(=O)c1cccc2c1OCCN2. The lowest BCUT2D eigenvalue weighted by Gasteiger charge is -2.21. The summed E-state index contributed by atoms with van der Waals surface area (Å²) in [6, 6.07) is 5.43. The lowest BCUT2D eigenvalue weighted by molar-refractivity contribution is -0.123. The molecule has 0 spiro atoms. The summed E-state index contributed by atoms with van der Waals surface area (Å²) in [5.74, 6) is 0.317. The van der Waals surface area contributed by atoms with Crippen LogP contribution in [0.5, 0.6) is 5.75 Å². The van der Waals surface area contributed by atoms with E-state index < -0.39 is 0 Å². The second kappa shape index (κ2) is 6.97. The van der Waals surface area contributed by atoms with Gasteiger partial charge in [-0.15, -0.1) is 0 Å². The zero-order chi connectivity index (χ0) is 15.2. The van der Waals surface area contributed by atoms with Crippen LogP contribution >= 0.6 is 0 Å². The van der Waals surface area contributed by atoms with Crippen LogP contribution < -0.4 is 20.7 Å². The summed E-state index contributed by atoms with van der Waals surface area (Å²) in [6.45, 7) is 5.73. The van der Waals surface area contributed by atoms with Crippen LogP contribution in [0.25, 0.3) is 0 Å². The van der Waals surface area contributed by atoms with Crippen molar-refractivity contribution in [3.63, 3.8) is 0 Å². The van der Waals surface area contributed by atoms with Gasteiger partial charge in [0.15, 0.2) is 5.75 Å². The Bertz CT molecular complexity index is 529. The number of amides is 2. The molecule has 1 aromatic rings. The number of para-hydroxylation sites is 1. The third-order valence-corrected chi connectivity index (χ3v) is 3.16. The molecule has 0 atom stereocenters. The number of anilines is 1. The molecule has 2 amide bonds. The first-order valence-electron chi connectivity index (χ1n) is 7.15. The average Bonchev–Trinajstić information content (AvgIpc) is 2.50. The summed E-state index contributed by atoms with van der Waals surface area (Å²) >= 11 is 0. The van der Waals surface area contributed by atoms with E-state index in [2.05, 4.69) is 16.0 Å². The van der Waals surface area contributed by atoms with E-state index in [1.807, 2.05) is 26.0 Å². The van der Waals surface area contributed by atoms with Crippen LogP contribution in [0.4, 0.5) is 5.69 Å². The van der Waals surface area contributed by atoms with E-state index in [9.17, 15) is 9.59 Å². The lowest BCUT2D eigenvalue weighted by Crippen LogP contribution is -2.36. The first-order valence-corrected chi connectivity index (χ1v) is 7.15. The number of rotatable bonds is 5. The second-order valence-electron chi connectivity index (χ2n) is 5.16. The fraction of sp³-hybridized carbons (Fsp3) is 0.467. The molecule has 0 aliphatic carbocycles. The molecule has 0 saturated heterocycles. The minimum Gasteiger partial charge on any atom is -0.489 e. The molecule has 2 rings (SSSR count). The van der Waals surface area contributed by atoms with E-state index in [0.717, 1.165) is 12.2 Å². The summed E-state index contributed by atoms with van der Waals surface area (Å²) in [6.07, 6.45) is 0. The maximum absolute atomic E-state index is 12.2. The molecule has 0 aromatic heterocycles. The Labute approximate surface area is 124 Å². The molecule has 0 unspecified atom stereocenters. The molecular weight excluding hydrogens is 270 g/mol. The highest BCUT2D eigenvalue weighted by Gasteiger charge is 2.18. The lowest BCUT2D eigenvalue weighted by atomic mass is 10.1. The van der Waals surface area contributed by atoms with Crippen molar-refractivity contribution in [1.82, 2.24) is 10.6 Å². The van der Waals surface area contributed by atoms with Gasteiger partial charge < -0.3 is 20.7 Å². The minimum absolute atomic E-state index is 0.0196. The molecule has 114 valence electrons. The highest BCUT2D eigenvalue weighted by molar-refractivity contribution is 5.99. The molecule has 1 aliphatic rings. The molecule has 0 saturated carbocycles. The van der Waals surface area contributed by atoms with Crippen molar-refractivity contribution >= 4 is 17.5 Å². The van der Waals surface area contributed by atoms with Gasteiger partial charge >= 0.3 is 0 Å². The Morgan fingerprint density at radius 3 is 2.81 bits per heavy atom. The van der Waals surface area contributed by atoms with Crippen LogP contribution in [-0.2, 0) is 4.79 Å². The highest BCUT2D eigenvalue weighted by atomic mass is 16.5. The Balaban J connectivity index is 1.88. The van der Waals surface area contributed by atoms with Gasteiger partial charge in [0.1, 0.15) is 6.61 Å². The predicted molar refractivity (Wildman–Crippen MR) is 80.6 cm³/mol. The van der Waals surface area contributed by atoms with E-state index in [1.165, 1.54) is 0 Å². The van der Waals surface area contributed by atoms with Crippen LogP contribution in [0.1, 0.15) is 24.2 Å². The molecule has 0 bridgehead atoms. The quantitative estimate of drug-likeness (QED) is 0.707. The summed E-state index contributed by atoms with van der Waals surface area (Å²) in [5, 5.41) is 8.73. The summed E-state index contributed by atoms with van der Waals surface area (Å²) < 4.78 is 5.56. The van der Waals surface area contributed by atoms with Gasteiger partial charge in [0.25, 0.3) is 5.91 Å². The Morgan fingerprint density at radius 2 is 2.05 bits per heavy atom. The smallest absolute Gasteiger partial charge is 0.255 e. The monoisotopic (exact) mass is 291 g/mol. The van der Waals surface area contributed by atoms with Crippen molar-refractivity contribution < 1.29 is 14.3 Å². The highest BCUT2D eigenvalue weighted by Crippen LogP contribution is 2.30. The number of hydrogen-bond donors (Lipinski definition) is 3.